The second-order valence-electron chi connectivity index (χ2n) is 3.88. The van der Waals surface area contributed by atoms with Gasteiger partial charge in [-0.05, 0) is 17.0 Å². The van der Waals surface area contributed by atoms with Gasteiger partial charge in [0.05, 0.1) is 0 Å². The molecule has 1 rings (SSSR count). The fourth-order valence-corrected chi connectivity index (χ4v) is 1.20. The Morgan fingerprint density at radius 3 is 2.42 bits per heavy atom. The molecule has 3 heteroatoms. The molecule has 0 atom stereocenters. The molecule has 1 aromatic heterocycles. The summed E-state index contributed by atoms with van der Waals surface area (Å²) >= 11 is 0. The number of rotatable bonds is 1. The first-order valence-corrected chi connectivity index (χ1v) is 3.90. The van der Waals surface area contributed by atoms with Gasteiger partial charge in [-0.15, -0.1) is 0 Å². The maximum atomic E-state index is 10.9. The van der Waals surface area contributed by atoms with Crippen molar-refractivity contribution in [3.63, 3.8) is 0 Å². The molecule has 1 amide bonds. The van der Waals surface area contributed by atoms with Crippen LogP contribution in [0.25, 0.3) is 0 Å². The third kappa shape index (κ3) is 1.49. The number of hydrogen-bond acceptors (Lipinski definition) is 1. The molecule has 0 fully saturated rings. The second kappa shape index (κ2) is 2.66. The van der Waals surface area contributed by atoms with Gasteiger partial charge in [-0.2, -0.15) is 0 Å². The molecule has 3 nitrogen and oxygen atoms in total. The van der Waals surface area contributed by atoms with Crippen LogP contribution >= 0.6 is 0 Å². The van der Waals surface area contributed by atoms with Crippen LogP contribution in [-0.2, 0) is 5.41 Å². The zero-order valence-electron chi connectivity index (χ0n) is 7.64. The minimum atomic E-state index is -0.398. The largest absolute Gasteiger partial charge is 0.364 e. The lowest BCUT2D eigenvalue weighted by Crippen LogP contribution is -2.20. The van der Waals surface area contributed by atoms with Crippen LogP contribution in [0.3, 0.4) is 0 Å². The fraction of sp³-hybridized carbons (Fsp3) is 0.444. The van der Waals surface area contributed by atoms with Gasteiger partial charge in [0.25, 0.3) is 5.91 Å². The highest BCUT2D eigenvalue weighted by molar-refractivity contribution is 5.92. The Bertz CT molecular complexity index is 294. The number of aromatic amines is 1. The molecule has 0 aliphatic heterocycles. The summed E-state index contributed by atoms with van der Waals surface area (Å²) in [5.41, 5.74) is 6.63. The molecule has 66 valence electrons. The van der Waals surface area contributed by atoms with Crippen LogP contribution in [0.1, 0.15) is 36.8 Å². The molecule has 0 radical (unpaired) electrons. The topological polar surface area (TPSA) is 58.9 Å². The van der Waals surface area contributed by atoms with Crippen LogP contribution in [-0.4, -0.2) is 10.9 Å². The van der Waals surface area contributed by atoms with E-state index in [4.69, 9.17) is 5.73 Å². The highest BCUT2D eigenvalue weighted by Crippen LogP contribution is 2.24. The molecular weight excluding hydrogens is 152 g/mol. The number of amides is 1. The van der Waals surface area contributed by atoms with Gasteiger partial charge in [-0.1, -0.05) is 20.8 Å². The standard InChI is InChI=1S/C9H14N2O/c1-9(2,3)6-4-5-11-7(6)8(10)12/h4-5,11H,1-3H3,(H2,10,12). The Kier molecular flexibility index (Phi) is 1.96. The van der Waals surface area contributed by atoms with E-state index in [-0.39, 0.29) is 5.41 Å². The number of nitrogens with one attached hydrogen (secondary N) is 1. The zero-order chi connectivity index (χ0) is 9.35. The SMILES string of the molecule is CC(C)(C)c1cc[nH]c1C(N)=O. The molecule has 3 N–H and O–H groups in total. The van der Waals surface area contributed by atoms with Crippen molar-refractivity contribution in [2.45, 2.75) is 26.2 Å². The van der Waals surface area contributed by atoms with E-state index in [1.54, 1.807) is 6.20 Å². The van der Waals surface area contributed by atoms with Crippen molar-refractivity contribution in [3.05, 3.63) is 23.5 Å². The minimum absolute atomic E-state index is 0.0373. The third-order valence-electron chi connectivity index (χ3n) is 1.80. The second-order valence-corrected chi connectivity index (χ2v) is 3.88. The molecule has 12 heavy (non-hydrogen) atoms. The molecule has 0 bridgehead atoms. The predicted octanol–water partition coefficient (Wildman–Crippen LogP) is 1.41. The normalized spacial score (nSPS) is 11.6. The number of hydrogen-bond donors (Lipinski definition) is 2. The third-order valence-corrected chi connectivity index (χ3v) is 1.80. The maximum Gasteiger partial charge on any atom is 0.265 e. The number of primary amides is 1. The van der Waals surface area contributed by atoms with Gasteiger partial charge in [0, 0.05) is 6.20 Å². The highest BCUT2D eigenvalue weighted by atomic mass is 16.1. The molecule has 0 unspecified atom stereocenters. The van der Waals surface area contributed by atoms with Crippen LogP contribution < -0.4 is 5.73 Å². The lowest BCUT2D eigenvalue weighted by atomic mass is 9.87. The van der Waals surface area contributed by atoms with Crippen molar-refractivity contribution >= 4 is 5.91 Å². The molecular formula is C9H14N2O. The van der Waals surface area contributed by atoms with Crippen LogP contribution in [0.4, 0.5) is 0 Å². The number of aromatic nitrogens is 1. The first-order valence-electron chi connectivity index (χ1n) is 3.90. The van der Waals surface area contributed by atoms with Gasteiger partial charge in [0.2, 0.25) is 0 Å². The molecule has 0 saturated carbocycles. The molecule has 1 heterocycles. The van der Waals surface area contributed by atoms with E-state index in [0.717, 1.165) is 5.56 Å². The molecule has 0 saturated heterocycles. The first-order chi connectivity index (χ1) is 5.43. The van der Waals surface area contributed by atoms with E-state index in [9.17, 15) is 4.79 Å². The summed E-state index contributed by atoms with van der Waals surface area (Å²) in [5, 5.41) is 0. The van der Waals surface area contributed by atoms with Crippen LogP contribution in [0.15, 0.2) is 12.3 Å². The monoisotopic (exact) mass is 166 g/mol. The number of nitrogens with two attached hydrogens (primary N) is 1. The Labute approximate surface area is 72.0 Å². The van der Waals surface area contributed by atoms with Gasteiger partial charge in [0.1, 0.15) is 5.69 Å². The van der Waals surface area contributed by atoms with E-state index < -0.39 is 5.91 Å². The smallest absolute Gasteiger partial charge is 0.265 e. The first kappa shape index (κ1) is 8.84. The van der Waals surface area contributed by atoms with Gasteiger partial charge in [-0.25, -0.2) is 0 Å². The van der Waals surface area contributed by atoms with Crippen LogP contribution in [0.5, 0.6) is 0 Å². The van der Waals surface area contributed by atoms with Gasteiger partial charge in [-0.3, -0.25) is 4.79 Å². The van der Waals surface area contributed by atoms with E-state index in [2.05, 4.69) is 4.98 Å². The number of carbonyl (C=O) groups excluding carboxylic acids is 1. The summed E-state index contributed by atoms with van der Waals surface area (Å²) in [7, 11) is 0. The summed E-state index contributed by atoms with van der Waals surface area (Å²) in [6, 6.07) is 1.89. The predicted molar refractivity (Wildman–Crippen MR) is 48.0 cm³/mol. The number of carbonyl (C=O) groups is 1. The van der Waals surface area contributed by atoms with E-state index in [1.807, 2.05) is 26.8 Å². The van der Waals surface area contributed by atoms with Crippen molar-refractivity contribution in [2.24, 2.45) is 5.73 Å². The molecule has 0 aliphatic carbocycles. The minimum Gasteiger partial charge on any atom is -0.364 e. The van der Waals surface area contributed by atoms with Crippen molar-refractivity contribution in [1.29, 1.82) is 0 Å². The van der Waals surface area contributed by atoms with E-state index in [0.29, 0.717) is 5.69 Å². The highest BCUT2D eigenvalue weighted by Gasteiger charge is 2.20. The van der Waals surface area contributed by atoms with Crippen molar-refractivity contribution in [2.75, 3.05) is 0 Å². The molecule has 0 aliphatic rings. The Balaban J connectivity index is 3.17. The van der Waals surface area contributed by atoms with Crippen molar-refractivity contribution < 1.29 is 4.79 Å². The summed E-state index contributed by atoms with van der Waals surface area (Å²) in [6.45, 7) is 6.13. The zero-order valence-corrected chi connectivity index (χ0v) is 7.64. The maximum absolute atomic E-state index is 10.9. The lowest BCUT2D eigenvalue weighted by Gasteiger charge is -2.17. The van der Waals surface area contributed by atoms with E-state index in [1.165, 1.54) is 0 Å². The average molecular weight is 166 g/mol. The molecule has 1 aromatic rings. The van der Waals surface area contributed by atoms with Crippen LogP contribution in [0.2, 0.25) is 0 Å². The fourth-order valence-electron chi connectivity index (χ4n) is 1.20. The quantitative estimate of drug-likeness (QED) is 0.651. The average Bonchev–Trinajstić information content (AvgIpc) is 2.30. The summed E-state index contributed by atoms with van der Waals surface area (Å²) < 4.78 is 0. The van der Waals surface area contributed by atoms with Crippen molar-refractivity contribution in [1.82, 2.24) is 4.98 Å². The Morgan fingerprint density at radius 2 is 2.08 bits per heavy atom. The molecule has 0 spiro atoms. The van der Waals surface area contributed by atoms with Gasteiger partial charge < -0.3 is 10.7 Å². The number of H-pyrrole nitrogens is 1. The lowest BCUT2D eigenvalue weighted by molar-refractivity contribution is 0.0994. The van der Waals surface area contributed by atoms with Gasteiger partial charge in [0.15, 0.2) is 0 Å². The summed E-state index contributed by atoms with van der Waals surface area (Å²) in [5.74, 6) is -0.398. The summed E-state index contributed by atoms with van der Waals surface area (Å²) in [4.78, 5) is 13.8. The Hall–Kier alpha value is -1.25. The van der Waals surface area contributed by atoms with Crippen LogP contribution in [0, 0.1) is 0 Å². The van der Waals surface area contributed by atoms with E-state index >= 15 is 0 Å². The van der Waals surface area contributed by atoms with Crippen molar-refractivity contribution in [3.8, 4) is 0 Å². The summed E-state index contributed by atoms with van der Waals surface area (Å²) in [6.07, 6.45) is 1.74. The van der Waals surface area contributed by atoms with Gasteiger partial charge >= 0.3 is 0 Å². The Morgan fingerprint density at radius 1 is 1.50 bits per heavy atom. The molecule has 0 aromatic carbocycles.